The molecule has 0 radical (unpaired) electrons. The molecule has 0 aliphatic carbocycles. The van der Waals surface area contributed by atoms with Crippen LogP contribution in [-0.4, -0.2) is 11.8 Å². The molecule has 0 saturated heterocycles. The third-order valence-corrected chi connectivity index (χ3v) is 3.18. The van der Waals surface area contributed by atoms with Crippen LogP contribution in [0.2, 0.25) is 5.02 Å². The molecule has 1 heterocycles. The van der Waals surface area contributed by atoms with E-state index in [1.165, 1.54) is 12.2 Å². The molecule has 5 heteroatoms. The number of hydrogen-bond acceptors (Lipinski definition) is 2. The van der Waals surface area contributed by atoms with Crippen LogP contribution in [0.4, 0.5) is 5.69 Å². The van der Waals surface area contributed by atoms with Crippen molar-refractivity contribution in [1.29, 1.82) is 0 Å². The van der Waals surface area contributed by atoms with Crippen molar-refractivity contribution < 1.29 is 9.59 Å². The van der Waals surface area contributed by atoms with Gasteiger partial charge in [-0.25, -0.2) is 4.90 Å². The van der Waals surface area contributed by atoms with E-state index < -0.39 is 0 Å². The molecule has 1 aliphatic heterocycles. The summed E-state index contributed by atoms with van der Waals surface area (Å²) in [4.78, 5) is 23.8. The Labute approximate surface area is 99.4 Å². The Morgan fingerprint density at radius 1 is 1.13 bits per heavy atom. The number of anilines is 1. The number of hydrogen-bond donors (Lipinski definition) is 0. The van der Waals surface area contributed by atoms with Gasteiger partial charge in [0.1, 0.15) is 0 Å². The van der Waals surface area contributed by atoms with Gasteiger partial charge in [0.15, 0.2) is 0 Å². The molecule has 0 saturated carbocycles. The lowest BCUT2D eigenvalue weighted by Crippen LogP contribution is -2.29. The van der Waals surface area contributed by atoms with Crippen molar-refractivity contribution in [1.82, 2.24) is 0 Å². The molecule has 2 rings (SSSR count). The zero-order valence-electron chi connectivity index (χ0n) is 7.41. The predicted molar refractivity (Wildman–Crippen MR) is 60.8 cm³/mol. The van der Waals surface area contributed by atoms with E-state index in [4.69, 9.17) is 11.6 Å². The second-order valence-corrected chi connectivity index (χ2v) is 4.21. The fraction of sp³-hybridized carbons (Fsp3) is 0. The average Bonchev–Trinajstić information content (AvgIpc) is 2.52. The highest BCUT2D eigenvalue weighted by Crippen LogP contribution is 2.28. The molecule has 0 aromatic heterocycles. The second kappa shape index (κ2) is 3.79. The van der Waals surface area contributed by atoms with Gasteiger partial charge in [0, 0.05) is 16.6 Å². The molecule has 0 unspecified atom stereocenters. The first-order valence-corrected chi connectivity index (χ1v) is 5.28. The first-order valence-electron chi connectivity index (χ1n) is 4.11. The van der Waals surface area contributed by atoms with E-state index >= 15 is 0 Å². The Kier molecular flexibility index (Phi) is 2.63. The van der Waals surface area contributed by atoms with Crippen LogP contribution >= 0.6 is 27.5 Å². The number of amides is 2. The molecule has 0 spiro atoms. The minimum absolute atomic E-state index is 0.339. The van der Waals surface area contributed by atoms with E-state index in [0.717, 1.165) is 4.90 Å². The van der Waals surface area contributed by atoms with E-state index in [9.17, 15) is 9.59 Å². The summed E-state index contributed by atoms with van der Waals surface area (Å²) in [6.07, 6.45) is 2.48. The summed E-state index contributed by atoms with van der Waals surface area (Å²) in [5, 5.41) is 0.533. The highest BCUT2D eigenvalue weighted by molar-refractivity contribution is 9.10. The van der Waals surface area contributed by atoms with Gasteiger partial charge >= 0.3 is 0 Å². The lowest BCUT2D eigenvalue weighted by atomic mass is 10.3. The fourth-order valence-corrected chi connectivity index (χ4v) is 1.76. The molecule has 0 bridgehead atoms. The number of benzene rings is 1. The van der Waals surface area contributed by atoms with Gasteiger partial charge in [-0.2, -0.15) is 0 Å². The van der Waals surface area contributed by atoms with Crippen molar-refractivity contribution in [2.75, 3.05) is 4.90 Å². The van der Waals surface area contributed by atoms with Crippen LogP contribution in [0.5, 0.6) is 0 Å². The van der Waals surface area contributed by atoms with Gasteiger partial charge in [-0.05, 0) is 34.1 Å². The summed E-state index contributed by atoms with van der Waals surface area (Å²) in [6, 6.07) is 4.88. The normalized spacial score (nSPS) is 15.2. The molecule has 0 atom stereocenters. The van der Waals surface area contributed by atoms with Crippen molar-refractivity contribution in [2.45, 2.75) is 0 Å². The summed E-state index contributed by atoms with van der Waals surface area (Å²) >= 11 is 9.04. The van der Waals surface area contributed by atoms with Crippen molar-refractivity contribution in [3.8, 4) is 0 Å². The highest BCUT2D eigenvalue weighted by atomic mass is 79.9. The van der Waals surface area contributed by atoms with Gasteiger partial charge in [-0.15, -0.1) is 0 Å². The molecule has 15 heavy (non-hydrogen) atoms. The van der Waals surface area contributed by atoms with Crippen LogP contribution in [0.3, 0.4) is 0 Å². The van der Waals surface area contributed by atoms with Gasteiger partial charge in [0.2, 0.25) is 0 Å². The summed E-state index contributed by atoms with van der Waals surface area (Å²) in [7, 11) is 0. The molecule has 1 aliphatic rings. The van der Waals surface area contributed by atoms with Crippen LogP contribution < -0.4 is 4.90 Å². The van der Waals surface area contributed by atoms with Crippen LogP contribution in [0.15, 0.2) is 34.8 Å². The van der Waals surface area contributed by atoms with Gasteiger partial charge < -0.3 is 0 Å². The quantitative estimate of drug-likeness (QED) is 0.744. The van der Waals surface area contributed by atoms with Gasteiger partial charge in [-0.1, -0.05) is 11.6 Å². The highest BCUT2D eigenvalue weighted by Gasteiger charge is 2.25. The zero-order valence-corrected chi connectivity index (χ0v) is 9.75. The molecular weight excluding hydrogens is 281 g/mol. The van der Waals surface area contributed by atoms with Crippen molar-refractivity contribution in [2.24, 2.45) is 0 Å². The predicted octanol–water partition coefficient (Wildman–Crippen LogP) is 2.53. The molecule has 76 valence electrons. The Balaban J connectivity index is 2.42. The third kappa shape index (κ3) is 1.82. The van der Waals surface area contributed by atoms with E-state index in [1.807, 2.05) is 0 Å². The maximum atomic E-state index is 11.4. The number of rotatable bonds is 1. The third-order valence-electron chi connectivity index (χ3n) is 1.97. The monoisotopic (exact) mass is 285 g/mol. The minimum atomic E-state index is -0.339. The summed E-state index contributed by atoms with van der Waals surface area (Å²) in [5.74, 6) is -0.677. The standard InChI is InChI=1S/C10H5BrClNO2/c11-7-5-6(1-2-8(7)12)13-9(14)3-4-10(13)15/h1-5H. The Hall–Kier alpha value is -1.13. The molecule has 1 aromatic rings. The molecule has 1 aromatic carbocycles. The number of carbonyl (C=O) groups excluding carboxylic acids is 2. The van der Waals surface area contributed by atoms with Crippen LogP contribution in [-0.2, 0) is 9.59 Å². The topological polar surface area (TPSA) is 37.4 Å². The van der Waals surface area contributed by atoms with Gasteiger partial charge in [0.25, 0.3) is 11.8 Å². The van der Waals surface area contributed by atoms with Crippen molar-refractivity contribution >= 4 is 45.0 Å². The van der Waals surface area contributed by atoms with E-state index in [0.29, 0.717) is 15.2 Å². The van der Waals surface area contributed by atoms with E-state index in [1.54, 1.807) is 18.2 Å². The summed E-state index contributed by atoms with van der Waals surface area (Å²) in [5.41, 5.74) is 0.506. The molecule has 0 fully saturated rings. The second-order valence-electron chi connectivity index (χ2n) is 2.94. The number of nitrogens with zero attached hydrogens (tertiary/aromatic N) is 1. The maximum Gasteiger partial charge on any atom is 0.258 e. The first-order chi connectivity index (χ1) is 7.09. The largest absolute Gasteiger partial charge is 0.269 e. The smallest absolute Gasteiger partial charge is 0.258 e. The maximum absolute atomic E-state index is 11.4. The first kappa shape index (κ1) is 10.4. The molecular formula is C10H5BrClNO2. The Morgan fingerprint density at radius 3 is 2.27 bits per heavy atom. The Morgan fingerprint density at radius 2 is 1.73 bits per heavy atom. The Bertz CT molecular complexity index is 466. The van der Waals surface area contributed by atoms with Crippen LogP contribution in [0.1, 0.15) is 0 Å². The van der Waals surface area contributed by atoms with E-state index in [-0.39, 0.29) is 11.8 Å². The SMILES string of the molecule is O=C1C=CC(=O)N1c1ccc(Cl)c(Br)c1. The number of halogens is 2. The summed E-state index contributed by atoms with van der Waals surface area (Å²) in [6.45, 7) is 0. The van der Waals surface area contributed by atoms with Crippen LogP contribution in [0, 0.1) is 0 Å². The lowest BCUT2D eigenvalue weighted by molar-refractivity contribution is -0.119. The van der Waals surface area contributed by atoms with E-state index in [2.05, 4.69) is 15.9 Å². The average molecular weight is 287 g/mol. The molecule has 3 nitrogen and oxygen atoms in total. The van der Waals surface area contributed by atoms with Crippen molar-refractivity contribution in [3.63, 3.8) is 0 Å². The lowest BCUT2D eigenvalue weighted by Gasteiger charge is -2.14. The minimum Gasteiger partial charge on any atom is -0.269 e. The van der Waals surface area contributed by atoms with Gasteiger partial charge in [0.05, 0.1) is 10.7 Å². The van der Waals surface area contributed by atoms with Crippen molar-refractivity contribution in [3.05, 3.63) is 39.8 Å². The fourth-order valence-electron chi connectivity index (χ4n) is 1.28. The zero-order chi connectivity index (χ0) is 11.0. The van der Waals surface area contributed by atoms with Crippen LogP contribution in [0.25, 0.3) is 0 Å². The summed E-state index contributed by atoms with van der Waals surface area (Å²) < 4.78 is 0.647. The molecule has 2 amide bonds. The van der Waals surface area contributed by atoms with Gasteiger partial charge in [-0.3, -0.25) is 9.59 Å². The molecule has 0 N–H and O–H groups in total. The number of carbonyl (C=O) groups is 2. The number of imide groups is 1.